The number of fused-ring (bicyclic) bond motifs is 1. The van der Waals surface area contributed by atoms with E-state index in [-0.39, 0.29) is 11.4 Å². The first kappa shape index (κ1) is 12.9. The number of hydrogen-bond acceptors (Lipinski definition) is 2. The van der Waals surface area contributed by atoms with E-state index in [0.717, 1.165) is 31.7 Å². The highest BCUT2D eigenvalue weighted by atomic mass is 19.1. The Bertz CT molecular complexity index is 452. The molecule has 1 atom stereocenters. The summed E-state index contributed by atoms with van der Waals surface area (Å²) in [5.41, 5.74) is 2.66. The van der Waals surface area contributed by atoms with Crippen LogP contribution in [0, 0.1) is 5.82 Å². The van der Waals surface area contributed by atoms with Gasteiger partial charge >= 0.3 is 0 Å². The van der Waals surface area contributed by atoms with Crippen LogP contribution in [0.15, 0.2) is 18.2 Å². The van der Waals surface area contributed by atoms with E-state index < -0.39 is 0 Å². The van der Waals surface area contributed by atoms with Crippen molar-refractivity contribution < 1.29 is 4.39 Å². The van der Waals surface area contributed by atoms with Gasteiger partial charge in [0.1, 0.15) is 5.82 Å². The first-order valence-corrected chi connectivity index (χ1v) is 7.51. The zero-order valence-corrected chi connectivity index (χ0v) is 11.7. The van der Waals surface area contributed by atoms with Crippen molar-refractivity contribution in [3.05, 3.63) is 29.6 Å². The first-order valence-electron chi connectivity index (χ1n) is 7.51. The van der Waals surface area contributed by atoms with Crippen molar-refractivity contribution in [2.75, 3.05) is 24.5 Å². The third kappa shape index (κ3) is 2.48. The van der Waals surface area contributed by atoms with Crippen molar-refractivity contribution in [3.63, 3.8) is 0 Å². The molecule has 2 aliphatic heterocycles. The smallest absolute Gasteiger partial charge is 0.125 e. The van der Waals surface area contributed by atoms with E-state index in [2.05, 4.69) is 17.1 Å². The van der Waals surface area contributed by atoms with Crippen molar-refractivity contribution in [2.24, 2.45) is 0 Å². The van der Waals surface area contributed by atoms with Gasteiger partial charge in [0.15, 0.2) is 0 Å². The average Bonchev–Trinajstić information content (AvgIpc) is 2.99. The lowest BCUT2D eigenvalue weighted by Crippen LogP contribution is -2.49. The van der Waals surface area contributed by atoms with Crippen LogP contribution in [0.3, 0.4) is 0 Å². The second kappa shape index (κ2) is 5.12. The Labute approximate surface area is 115 Å². The van der Waals surface area contributed by atoms with Gasteiger partial charge in [-0.1, -0.05) is 19.4 Å². The number of anilines is 1. The zero-order chi connectivity index (χ0) is 13.3. The minimum absolute atomic E-state index is 0.116. The van der Waals surface area contributed by atoms with Gasteiger partial charge in [0, 0.05) is 24.3 Å². The van der Waals surface area contributed by atoms with Crippen molar-refractivity contribution in [2.45, 2.75) is 44.6 Å². The molecule has 1 fully saturated rings. The normalized spacial score (nSPS) is 25.9. The predicted octanol–water partition coefficient (Wildman–Crippen LogP) is 3.11. The Morgan fingerprint density at radius 1 is 1.42 bits per heavy atom. The van der Waals surface area contributed by atoms with Gasteiger partial charge in [0.25, 0.3) is 0 Å². The van der Waals surface area contributed by atoms with Gasteiger partial charge in [-0.25, -0.2) is 4.39 Å². The van der Waals surface area contributed by atoms with Gasteiger partial charge in [0.05, 0.1) is 0 Å². The van der Waals surface area contributed by atoms with Gasteiger partial charge in [-0.2, -0.15) is 0 Å². The van der Waals surface area contributed by atoms with E-state index in [0.29, 0.717) is 0 Å². The van der Waals surface area contributed by atoms with Crippen molar-refractivity contribution in [3.8, 4) is 0 Å². The van der Waals surface area contributed by atoms with Crippen molar-refractivity contribution in [1.29, 1.82) is 0 Å². The molecule has 2 aliphatic rings. The van der Waals surface area contributed by atoms with Crippen LogP contribution in [-0.2, 0) is 6.42 Å². The van der Waals surface area contributed by atoms with Crippen LogP contribution in [0.2, 0.25) is 0 Å². The quantitative estimate of drug-likeness (QED) is 0.897. The maximum Gasteiger partial charge on any atom is 0.125 e. The molecule has 104 valence electrons. The van der Waals surface area contributed by atoms with Gasteiger partial charge in [-0.3, -0.25) is 0 Å². The van der Waals surface area contributed by atoms with Gasteiger partial charge in [-0.05, 0) is 49.9 Å². The molecule has 1 saturated heterocycles. The van der Waals surface area contributed by atoms with E-state index in [1.807, 2.05) is 6.07 Å². The molecule has 1 aromatic rings. The standard InChI is InChI=1S/C16H23FN2/c1-2-7-16(8-3-9-18-16)12-19-10-6-13-4-5-14(17)11-15(13)19/h4-5,11,18H,2-3,6-10,12H2,1H3. The second-order valence-corrected chi connectivity index (χ2v) is 6.01. The maximum atomic E-state index is 13.5. The summed E-state index contributed by atoms with van der Waals surface area (Å²) in [5, 5.41) is 3.71. The highest BCUT2D eigenvalue weighted by Gasteiger charge is 2.35. The van der Waals surface area contributed by atoms with E-state index in [1.165, 1.54) is 31.2 Å². The highest BCUT2D eigenvalue weighted by Crippen LogP contribution is 2.33. The number of hydrogen-bond donors (Lipinski definition) is 1. The van der Waals surface area contributed by atoms with E-state index >= 15 is 0 Å². The molecule has 0 spiro atoms. The number of nitrogens with one attached hydrogen (secondary N) is 1. The lowest BCUT2D eigenvalue weighted by Gasteiger charge is -2.35. The third-order valence-corrected chi connectivity index (χ3v) is 4.59. The van der Waals surface area contributed by atoms with Gasteiger partial charge < -0.3 is 10.2 Å². The van der Waals surface area contributed by atoms with Crippen molar-refractivity contribution in [1.82, 2.24) is 5.32 Å². The summed E-state index contributed by atoms with van der Waals surface area (Å²) < 4.78 is 13.5. The molecular weight excluding hydrogens is 239 g/mol. The van der Waals surface area contributed by atoms with Crippen LogP contribution >= 0.6 is 0 Å². The summed E-state index contributed by atoms with van der Waals surface area (Å²) in [6.45, 7) is 5.44. The summed E-state index contributed by atoms with van der Waals surface area (Å²) in [6.07, 6.45) is 5.99. The van der Waals surface area contributed by atoms with Crippen LogP contribution in [0.25, 0.3) is 0 Å². The first-order chi connectivity index (χ1) is 9.22. The van der Waals surface area contributed by atoms with E-state index in [1.54, 1.807) is 12.1 Å². The summed E-state index contributed by atoms with van der Waals surface area (Å²) in [5.74, 6) is -0.116. The van der Waals surface area contributed by atoms with Crippen LogP contribution in [0.5, 0.6) is 0 Å². The molecule has 0 amide bonds. The van der Waals surface area contributed by atoms with Crippen LogP contribution < -0.4 is 10.2 Å². The van der Waals surface area contributed by atoms with Crippen LogP contribution in [-0.4, -0.2) is 25.2 Å². The Balaban J connectivity index is 1.79. The minimum Gasteiger partial charge on any atom is -0.369 e. The van der Waals surface area contributed by atoms with Gasteiger partial charge in [0.2, 0.25) is 0 Å². The molecular formula is C16H23FN2. The minimum atomic E-state index is -0.116. The van der Waals surface area contributed by atoms with Crippen LogP contribution in [0.4, 0.5) is 10.1 Å². The van der Waals surface area contributed by atoms with E-state index in [4.69, 9.17) is 0 Å². The number of halogens is 1. The maximum absolute atomic E-state index is 13.5. The molecule has 3 rings (SSSR count). The number of nitrogens with zero attached hydrogens (tertiary/aromatic N) is 1. The monoisotopic (exact) mass is 262 g/mol. The SMILES string of the molecule is CCCC1(CN2CCc3ccc(F)cc32)CCCN1. The van der Waals surface area contributed by atoms with Crippen LogP contribution in [0.1, 0.15) is 38.2 Å². The highest BCUT2D eigenvalue weighted by molar-refractivity contribution is 5.58. The third-order valence-electron chi connectivity index (χ3n) is 4.59. The number of rotatable bonds is 4. The fourth-order valence-electron chi connectivity index (χ4n) is 3.72. The average molecular weight is 262 g/mol. The molecule has 0 bridgehead atoms. The molecule has 1 N–H and O–H groups in total. The Kier molecular flexibility index (Phi) is 3.48. The molecule has 1 aromatic carbocycles. The lowest BCUT2D eigenvalue weighted by molar-refractivity contribution is 0.346. The fourth-order valence-corrected chi connectivity index (χ4v) is 3.72. The topological polar surface area (TPSA) is 15.3 Å². The molecule has 1 unspecified atom stereocenters. The predicted molar refractivity (Wildman–Crippen MR) is 77.2 cm³/mol. The summed E-state index contributed by atoms with van der Waals surface area (Å²) in [6, 6.07) is 5.23. The van der Waals surface area contributed by atoms with E-state index in [9.17, 15) is 4.39 Å². The second-order valence-electron chi connectivity index (χ2n) is 6.01. The van der Waals surface area contributed by atoms with Crippen molar-refractivity contribution >= 4 is 5.69 Å². The molecule has 0 aromatic heterocycles. The zero-order valence-electron chi connectivity index (χ0n) is 11.7. The molecule has 0 saturated carbocycles. The summed E-state index contributed by atoms with van der Waals surface area (Å²) in [4.78, 5) is 2.38. The molecule has 0 aliphatic carbocycles. The largest absolute Gasteiger partial charge is 0.369 e. The van der Waals surface area contributed by atoms with Gasteiger partial charge in [-0.15, -0.1) is 0 Å². The Hall–Kier alpha value is -1.09. The number of benzene rings is 1. The molecule has 19 heavy (non-hydrogen) atoms. The molecule has 2 heterocycles. The molecule has 3 heteroatoms. The summed E-state index contributed by atoms with van der Waals surface area (Å²) in [7, 11) is 0. The lowest BCUT2D eigenvalue weighted by atomic mass is 9.91. The Morgan fingerprint density at radius 2 is 2.32 bits per heavy atom. The fraction of sp³-hybridized carbons (Fsp3) is 0.625. The summed E-state index contributed by atoms with van der Waals surface area (Å²) >= 11 is 0. The Morgan fingerprint density at radius 3 is 3.05 bits per heavy atom. The molecule has 0 radical (unpaired) electrons. The molecule has 2 nitrogen and oxygen atoms in total.